The van der Waals surface area contributed by atoms with Gasteiger partial charge in [0.05, 0.1) is 12.0 Å². The molecule has 2 aromatic rings. The number of amides is 1. The van der Waals surface area contributed by atoms with Gasteiger partial charge in [-0.25, -0.2) is 4.39 Å². The van der Waals surface area contributed by atoms with Crippen molar-refractivity contribution in [3.05, 3.63) is 59.4 Å². The molecule has 0 bridgehead atoms. The van der Waals surface area contributed by atoms with Gasteiger partial charge in [0.15, 0.2) is 0 Å². The second-order valence-electron chi connectivity index (χ2n) is 6.20. The summed E-state index contributed by atoms with van der Waals surface area (Å²) >= 11 is 1.71. The minimum absolute atomic E-state index is 0.0170. The second kappa shape index (κ2) is 6.48. The Hall–Kier alpha value is -2.01. The molecule has 0 radical (unpaired) electrons. The van der Waals surface area contributed by atoms with Crippen molar-refractivity contribution in [1.82, 2.24) is 5.32 Å². The number of ether oxygens (including phenoxy) is 1. The number of hydrogen-bond donors (Lipinski definition) is 1. The van der Waals surface area contributed by atoms with Gasteiger partial charge in [0.1, 0.15) is 18.2 Å². The van der Waals surface area contributed by atoms with E-state index in [4.69, 9.17) is 4.74 Å². The number of fused-ring (bicyclic) bond motifs is 2. The van der Waals surface area contributed by atoms with E-state index in [1.165, 1.54) is 6.07 Å². The van der Waals surface area contributed by atoms with E-state index in [-0.39, 0.29) is 23.7 Å². The molecule has 5 heteroatoms. The number of halogens is 1. The number of thioether (sulfide) groups is 1. The van der Waals surface area contributed by atoms with Crippen LogP contribution in [0.2, 0.25) is 0 Å². The van der Waals surface area contributed by atoms with E-state index in [9.17, 15) is 9.18 Å². The molecule has 4 rings (SSSR count). The Balaban J connectivity index is 1.49. The van der Waals surface area contributed by atoms with Crippen LogP contribution in [-0.4, -0.2) is 18.3 Å². The van der Waals surface area contributed by atoms with Crippen molar-refractivity contribution in [2.45, 2.75) is 23.8 Å². The van der Waals surface area contributed by atoms with Crippen molar-refractivity contribution in [1.29, 1.82) is 0 Å². The summed E-state index contributed by atoms with van der Waals surface area (Å²) in [5.74, 6) is 1.31. The number of carbonyl (C=O) groups is 1. The fourth-order valence-electron chi connectivity index (χ4n) is 3.30. The van der Waals surface area contributed by atoms with Crippen molar-refractivity contribution < 1.29 is 13.9 Å². The fourth-order valence-corrected chi connectivity index (χ4v) is 4.41. The first kappa shape index (κ1) is 15.5. The topological polar surface area (TPSA) is 38.3 Å². The summed E-state index contributed by atoms with van der Waals surface area (Å²) in [7, 11) is 0. The predicted molar refractivity (Wildman–Crippen MR) is 91.8 cm³/mol. The van der Waals surface area contributed by atoms with Gasteiger partial charge in [0.25, 0.3) is 0 Å². The lowest BCUT2D eigenvalue weighted by Gasteiger charge is -2.29. The molecule has 0 spiro atoms. The first-order valence-electron chi connectivity index (χ1n) is 8.14. The quantitative estimate of drug-likeness (QED) is 0.903. The molecule has 0 fully saturated rings. The van der Waals surface area contributed by atoms with E-state index < -0.39 is 0 Å². The summed E-state index contributed by atoms with van der Waals surface area (Å²) in [6.07, 6.45) is 1.50. The molecule has 2 aliphatic heterocycles. The molecule has 2 heterocycles. The molecule has 0 saturated carbocycles. The third-order valence-electron chi connectivity index (χ3n) is 4.58. The summed E-state index contributed by atoms with van der Waals surface area (Å²) in [6.45, 7) is 0.389. The molecular weight excluding hydrogens is 325 g/mol. The zero-order valence-corrected chi connectivity index (χ0v) is 13.9. The average molecular weight is 343 g/mol. The van der Waals surface area contributed by atoms with Crippen LogP contribution in [0.1, 0.15) is 23.6 Å². The molecule has 2 unspecified atom stereocenters. The molecule has 1 amide bonds. The molecular formula is C19H18FNO2S. The molecule has 1 N–H and O–H groups in total. The van der Waals surface area contributed by atoms with Gasteiger partial charge in [-0.3, -0.25) is 4.79 Å². The minimum atomic E-state index is -0.259. The highest BCUT2D eigenvalue weighted by Crippen LogP contribution is 2.37. The maximum atomic E-state index is 13.6. The molecule has 3 nitrogen and oxygen atoms in total. The van der Waals surface area contributed by atoms with Crippen LogP contribution in [0.3, 0.4) is 0 Å². The highest BCUT2D eigenvalue weighted by atomic mass is 32.2. The summed E-state index contributed by atoms with van der Waals surface area (Å²) in [6, 6.07) is 12.5. The van der Waals surface area contributed by atoms with Crippen LogP contribution >= 0.6 is 11.8 Å². The minimum Gasteiger partial charge on any atom is -0.492 e. The highest BCUT2D eigenvalue weighted by molar-refractivity contribution is 7.99. The van der Waals surface area contributed by atoms with Crippen molar-refractivity contribution in [2.75, 3.05) is 12.4 Å². The van der Waals surface area contributed by atoms with Crippen LogP contribution < -0.4 is 10.1 Å². The average Bonchev–Trinajstić information content (AvgIpc) is 2.62. The SMILES string of the molecule is O=C(NC1CCSc2ccc(F)cc21)C1COc2ccccc2C1. The van der Waals surface area contributed by atoms with Crippen LogP contribution in [0, 0.1) is 11.7 Å². The lowest BCUT2D eigenvalue weighted by atomic mass is 9.95. The zero-order chi connectivity index (χ0) is 16.5. The van der Waals surface area contributed by atoms with Crippen molar-refractivity contribution in [3.8, 4) is 5.75 Å². The van der Waals surface area contributed by atoms with Gasteiger partial charge in [0, 0.05) is 10.6 Å². The summed E-state index contributed by atoms with van der Waals surface area (Å²) in [4.78, 5) is 13.7. The zero-order valence-electron chi connectivity index (χ0n) is 13.1. The number of benzene rings is 2. The summed E-state index contributed by atoms with van der Waals surface area (Å²) < 4.78 is 19.3. The molecule has 0 aliphatic carbocycles. The van der Waals surface area contributed by atoms with Crippen LogP contribution in [0.5, 0.6) is 5.75 Å². The Morgan fingerprint density at radius 3 is 3.04 bits per heavy atom. The van der Waals surface area contributed by atoms with E-state index >= 15 is 0 Å². The van der Waals surface area contributed by atoms with E-state index in [1.807, 2.05) is 24.3 Å². The van der Waals surface area contributed by atoms with E-state index in [2.05, 4.69) is 5.32 Å². The van der Waals surface area contributed by atoms with Gasteiger partial charge in [0.2, 0.25) is 5.91 Å². The lowest BCUT2D eigenvalue weighted by molar-refractivity contribution is -0.127. The standard InChI is InChI=1S/C19H18FNO2S/c20-14-5-6-18-15(10-14)16(7-8-24-18)21-19(22)13-9-12-3-1-2-4-17(12)23-11-13/h1-6,10,13,16H,7-9,11H2,(H,21,22). The maximum absolute atomic E-state index is 13.6. The van der Waals surface area contributed by atoms with E-state index in [1.54, 1.807) is 23.9 Å². The first-order valence-corrected chi connectivity index (χ1v) is 9.12. The normalized spacial score (nSPS) is 22.0. The second-order valence-corrected chi connectivity index (χ2v) is 7.34. The molecule has 124 valence electrons. The lowest BCUT2D eigenvalue weighted by Crippen LogP contribution is -2.40. The maximum Gasteiger partial charge on any atom is 0.227 e. The van der Waals surface area contributed by atoms with Crippen LogP contribution in [0.15, 0.2) is 47.4 Å². The first-order chi connectivity index (χ1) is 11.7. The van der Waals surface area contributed by atoms with Gasteiger partial charge in [-0.15, -0.1) is 11.8 Å². The van der Waals surface area contributed by atoms with Gasteiger partial charge in [-0.05, 0) is 48.2 Å². The van der Waals surface area contributed by atoms with Gasteiger partial charge >= 0.3 is 0 Å². The largest absolute Gasteiger partial charge is 0.492 e. The number of rotatable bonds is 2. The number of carbonyl (C=O) groups excluding carboxylic acids is 1. The monoisotopic (exact) mass is 343 g/mol. The number of para-hydroxylation sites is 1. The predicted octanol–water partition coefficient (Wildman–Crippen LogP) is 3.73. The van der Waals surface area contributed by atoms with Gasteiger partial charge in [-0.1, -0.05) is 18.2 Å². The summed E-state index contributed by atoms with van der Waals surface area (Å²) in [5, 5.41) is 3.10. The Morgan fingerprint density at radius 2 is 2.12 bits per heavy atom. The van der Waals surface area contributed by atoms with Gasteiger partial charge in [-0.2, -0.15) is 0 Å². The molecule has 0 saturated heterocycles. The van der Waals surface area contributed by atoms with Crippen LogP contribution in [-0.2, 0) is 11.2 Å². The van der Waals surface area contributed by atoms with Crippen molar-refractivity contribution in [3.63, 3.8) is 0 Å². The van der Waals surface area contributed by atoms with E-state index in [0.717, 1.165) is 33.9 Å². The number of nitrogens with one attached hydrogen (secondary N) is 1. The summed E-state index contributed by atoms with van der Waals surface area (Å²) in [5.41, 5.74) is 1.95. The van der Waals surface area contributed by atoms with Crippen molar-refractivity contribution >= 4 is 17.7 Å². The molecule has 2 aromatic carbocycles. The Bertz CT molecular complexity index is 780. The van der Waals surface area contributed by atoms with Crippen molar-refractivity contribution in [2.24, 2.45) is 5.92 Å². The molecule has 2 aliphatic rings. The van der Waals surface area contributed by atoms with Crippen LogP contribution in [0.25, 0.3) is 0 Å². The smallest absolute Gasteiger partial charge is 0.227 e. The Labute approximate surface area is 144 Å². The molecule has 24 heavy (non-hydrogen) atoms. The fraction of sp³-hybridized carbons (Fsp3) is 0.316. The Kier molecular flexibility index (Phi) is 4.19. The van der Waals surface area contributed by atoms with Crippen LogP contribution in [0.4, 0.5) is 4.39 Å². The highest BCUT2D eigenvalue weighted by Gasteiger charge is 2.29. The molecule has 2 atom stereocenters. The molecule has 0 aromatic heterocycles. The van der Waals surface area contributed by atoms with Gasteiger partial charge < -0.3 is 10.1 Å². The number of hydrogen-bond acceptors (Lipinski definition) is 3. The Morgan fingerprint density at radius 1 is 1.25 bits per heavy atom. The third kappa shape index (κ3) is 3.00. The third-order valence-corrected chi connectivity index (χ3v) is 5.70. The van der Waals surface area contributed by atoms with E-state index in [0.29, 0.717) is 13.0 Å².